The van der Waals surface area contributed by atoms with Crippen molar-refractivity contribution < 1.29 is 14.3 Å². The summed E-state index contributed by atoms with van der Waals surface area (Å²) in [5.74, 6) is 0. The van der Waals surface area contributed by atoms with E-state index in [0.29, 0.717) is 17.7 Å². The van der Waals surface area contributed by atoms with Gasteiger partial charge in [0.25, 0.3) is 10.5 Å². The highest BCUT2D eigenvalue weighted by Crippen LogP contribution is 2.47. The maximum Gasteiger partial charge on any atom is 0.252 e. The van der Waals surface area contributed by atoms with E-state index in [-0.39, 0.29) is 0 Å². The lowest BCUT2D eigenvalue weighted by Crippen LogP contribution is -2.28. The molecule has 3 aromatic carbocycles. The molecule has 134 valence electrons. The number of ether oxygens (including phenoxy) is 1. The van der Waals surface area contributed by atoms with Gasteiger partial charge in [-0.1, -0.05) is 48.5 Å². The molecule has 4 rings (SSSR count). The van der Waals surface area contributed by atoms with Crippen LogP contribution >= 0.6 is 23.2 Å². The number of benzene rings is 3. The van der Waals surface area contributed by atoms with Crippen LogP contribution in [0.4, 0.5) is 0 Å². The van der Waals surface area contributed by atoms with Crippen molar-refractivity contribution in [2.45, 2.75) is 12.2 Å². The number of carbonyl (C=O) groups excluding carboxylic acids is 2. The molecule has 1 aliphatic heterocycles. The minimum atomic E-state index is -0.835. The number of halogens is 2. The van der Waals surface area contributed by atoms with Crippen molar-refractivity contribution in [1.82, 2.24) is 0 Å². The van der Waals surface area contributed by atoms with E-state index in [9.17, 15) is 9.59 Å². The molecular formula is C22H14Cl2O3. The molecule has 0 N–H and O–H groups in total. The molecule has 0 bridgehead atoms. The highest BCUT2D eigenvalue weighted by atomic mass is 35.5. The topological polar surface area (TPSA) is 43.4 Å². The summed E-state index contributed by atoms with van der Waals surface area (Å²) in [5, 5.41) is -1.01. The van der Waals surface area contributed by atoms with Crippen LogP contribution in [0.2, 0.25) is 0 Å². The van der Waals surface area contributed by atoms with Gasteiger partial charge in [0, 0.05) is 11.1 Å². The van der Waals surface area contributed by atoms with Gasteiger partial charge in [-0.2, -0.15) is 0 Å². The summed E-state index contributed by atoms with van der Waals surface area (Å²) in [6.45, 7) is 0.461. The van der Waals surface area contributed by atoms with Gasteiger partial charge in [-0.25, -0.2) is 0 Å². The zero-order valence-electron chi connectivity index (χ0n) is 14.1. The van der Waals surface area contributed by atoms with Crippen molar-refractivity contribution in [3.63, 3.8) is 0 Å². The van der Waals surface area contributed by atoms with E-state index in [2.05, 4.69) is 0 Å². The number of hydrogen-bond donors (Lipinski definition) is 0. The van der Waals surface area contributed by atoms with Gasteiger partial charge in [0.05, 0.1) is 6.61 Å². The van der Waals surface area contributed by atoms with Crippen molar-refractivity contribution >= 4 is 33.7 Å². The van der Waals surface area contributed by atoms with Crippen molar-refractivity contribution in [1.29, 1.82) is 0 Å². The zero-order valence-corrected chi connectivity index (χ0v) is 15.6. The van der Waals surface area contributed by atoms with Crippen LogP contribution in [-0.2, 0) is 16.9 Å². The molecule has 3 nitrogen and oxygen atoms in total. The second kappa shape index (κ2) is 6.93. The van der Waals surface area contributed by atoms with Crippen LogP contribution in [0, 0.1) is 0 Å². The van der Waals surface area contributed by atoms with E-state index in [1.165, 1.54) is 0 Å². The molecule has 0 aliphatic carbocycles. The molecule has 0 radical (unpaired) electrons. The second-order valence-corrected chi connectivity index (χ2v) is 7.02. The molecule has 27 heavy (non-hydrogen) atoms. The van der Waals surface area contributed by atoms with Gasteiger partial charge >= 0.3 is 0 Å². The molecule has 0 saturated heterocycles. The number of rotatable bonds is 4. The normalized spacial score (nSPS) is 14.6. The Labute approximate surface area is 166 Å². The fraction of sp³-hybridized carbons (Fsp3) is 0.0909. The Morgan fingerprint density at radius 1 is 0.741 bits per heavy atom. The summed E-state index contributed by atoms with van der Waals surface area (Å²) in [6.07, 6.45) is 0. The molecule has 0 spiro atoms. The van der Waals surface area contributed by atoms with Gasteiger partial charge < -0.3 is 4.74 Å². The van der Waals surface area contributed by atoms with Crippen LogP contribution in [0.1, 0.15) is 43.0 Å². The molecule has 0 unspecified atom stereocenters. The standard InChI is InChI=1S/C22H14Cl2O3/c23-20(25)14-5-9-17(10-6-14)22(18-11-7-15(8-12-18)21(24)26)19-4-2-1-3-16(19)13-27-22/h1-12H,13H2. The molecule has 0 aromatic heterocycles. The fourth-order valence-corrected chi connectivity index (χ4v) is 3.82. The first-order chi connectivity index (χ1) is 13.0. The third-order valence-electron chi connectivity index (χ3n) is 4.88. The Bertz CT molecular complexity index is 967. The third kappa shape index (κ3) is 2.98. The van der Waals surface area contributed by atoms with E-state index < -0.39 is 16.1 Å². The molecule has 0 amide bonds. The van der Waals surface area contributed by atoms with E-state index in [1.807, 2.05) is 48.5 Å². The molecule has 3 aromatic rings. The Balaban J connectivity index is 1.91. The minimum absolute atomic E-state index is 0.421. The average Bonchev–Trinajstić information content (AvgIpc) is 3.09. The second-order valence-electron chi connectivity index (χ2n) is 6.33. The highest BCUT2D eigenvalue weighted by Gasteiger charge is 2.43. The number of hydrogen-bond acceptors (Lipinski definition) is 3. The summed E-state index contributed by atoms with van der Waals surface area (Å²) in [6, 6.07) is 22.1. The first-order valence-electron chi connectivity index (χ1n) is 8.35. The Kier molecular flexibility index (Phi) is 4.60. The van der Waals surface area contributed by atoms with Gasteiger partial charge in [0.2, 0.25) is 0 Å². The zero-order chi connectivity index (χ0) is 19.0. The third-order valence-corrected chi connectivity index (χ3v) is 5.31. The molecule has 5 heteroatoms. The van der Waals surface area contributed by atoms with Crippen LogP contribution in [-0.4, -0.2) is 10.5 Å². The van der Waals surface area contributed by atoms with E-state index in [4.69, 9.17) is 27.9 Å². The maximum absolute atomic E-state index is 11.4. The summed E-state index contributed by atoms with van der Waals surface area (Å²) >= 11 is 11.2. The van der Waals surface area contributed by atoms with Crippen LogP contribution in [0.15, 0.2) is 72.8 Å². The van der Waals surface area contributed by atoms with Crippen molar-refractivity contribution in [3.05, 3.63) is 106 Å². The molecular weight excluding hydrogens is 383 g/mol. The minimum Gasteiger partial charge on any atom is -0.356 e. The lowest BCUT2D eigenvalue weighted by atomic mass is 9.79. The molecule has 0 atom stereocenters. The Morgan fingerprint density at radius 3 is 1.70 bits per heavy atom. The highest BCUT2D eigenvalue weighted by molar-refractivity contribution is 6.68. The van der Waals surface area contributed by atoms with Gasteiger partial charge in [-0.3, -0.25) is 9.59 Å². The van der Waals surface area contributed by atoms with Crippen LogP contribution < -0.4 is 0 Å². The predicted molar refractivity (Wildman–Crippen MR) is 104 cm³/mol. The average molecular weight is 397 g/mol. The molecule has 0 saturated carbocycles. The smallest absolute Gasteiger partial charge is 0.252 e. The van der Waals surface area contributed by atoms with Crippen molar-refractivity contribution in [3.8, 4) is 0 Å². The van der Waals surface area contributed by atoms with Gasteiger partial charge in [-0.15, -0.1) is 0 Å². The molecule has 0 fully saturated rings. The lowest BCUT2D eigenvalue weighted by molar-refractivity contribution is 0.0267. The Hall–Kier alpha value is -2.46. The van der Waals surface area contributed by atoms with Crippen LogP contribution in [0.5, 0.6) is 0 Å². The van der Waals surface area contributed by atoms with Gasteiger partial charge in [-0.05, 0) is 69.7 Å². The van der Waals surface area contributed by atoms with Crippen molar-refractivity contribution in [2.24, 2.45) is 0 Å². The first kappa shape index (κ1) is 17.9. The first-order valence-corrected chi connectivity index (χ1v) is 9.11. The van der Waals surface area contributed by atoms with Crippen molar-refractivity contribution in [2.75, 3.05) is 0 Å². The largest absolute Gasteiger partial charge is 0.356 e. The fourth-order valence-electron chi connectivity index (χ4n) is 3.57. The number of fused-ring (bicyclic) bond motifs is 1. The predicted octanol–water partition coefficient (Wildman–Crippen LogP) is 5.27. The van der Waals surface area contributed by atoms with Gasteiger partial charge in [0.15, 0.2) is 0 Å². The number of carbonyl (C=O) groups is 2. The molecule has 1 heterocycles. The van der Waals surface area contributed by atoms with E-state index in [0.717, 1.165) is 22.3 Å². The monoisotopic (exact) mass is 396 g/mol. The van der Waals surface area contributed by atoms with Crippen LogP contribution in [0.3, 0.4) is 0 Å². The Morgan fingerprint density at radius 2 is 1.22 bits per heavy atom. The maximum atomic E-state index is 11.4. The van der Waals surface area contributed by atoms with E-state index in [1.54, 1.807) is 24.3 Å². The molecule has 1 aliphatic rings. The van der Waals surface area contributed by atoms with E-state index >= 15 is 0 Å². The SMILES string of the molecule is O=C(Cl)c1ccc(C2(c3ccc(C(=O)Cl)cc3)OCc3ccccc32)cc1. The van der Waals surface area contributed by atoms with Gasteiger partial charge in [0.1, 0.15) is 5.60 Å². The summed E-state index contributed by atoms with van der Waals surface area (Å²) in [5.41, 5.74) is 3.87. The van der Waals surface area contributed by atoms with Crippen LogP contribution in [0.25, 0.3) is 0 Å². The quantitative estimate of drug-likeness (QED) is 0.564. The summed E-state index contributed by atoms with van der Waals surface area (Å²) in [7, 11) is 0. The summed E-state index contributed by atoms with van der Waals surface area (Å²) in [4.78, 5) is 22.8. The lowest BCUT2D eigenvalue weighted by Gasteiger charge is -2.31. The summed E-state index contributed by atoms with van der Waals surface area (Å²) < 4.78 is 6.35.